The quantitative estimate of drug-likeness (QED) is 0.754. The molecular formula is C13H8F2N2. The average Bonchev–Trinajstić information content (AvgIpc) is 2.32. The number of benzene rings is 1. The van der Waals surface area contributed by atoms with Crippen LogP contribution in [0, 0.1) is 29.9 Å². The van der Waals surface area contributed by atoms with Gasteiger partial charge in [-0.15, -0.1) is 0 Å². The minimum atomic E-state index is -0.535. The van der Waals surface area contributed by atoms with Crippen molar-refractivity contribution in [2.45, 2.75) is 6.92 Å². The lowest BCUT2D eigenvalue weighted by Gasteiger charge is -2.06. The van der Waals surface area contributed by atoms with E-state index in [1.54, 1.807) is 13.0 Å². The van der Waals surface area contributed by atoms with E-state index >= 15 is 0 Å². The van der Waals surface area contributed by atoms with Crippen LogP contribution in [0.2, 0.25) is 0 Å². The number of pyridine rings is 1. The first kappa shape index (κ1) is 11.2. The molecule has 0 amide bonds. The van der Waals surface area contributed by atoms with Gasteiger partial charge in [0.05, 0.1) is 11.3 Å². The van der Waals surface area contributed by atoms with Gasteiger partial charge < -0.3 is 0 Å². The summed E-state index contributed by atoms with van der Waals surface area (Å²) in [5, 5.41) is 8.70. The Morgan fingerprint density at radius 1 is 1.24 bits per heavy atom. The number of aryl methyl sites for hydroxylation is 1. The van der Waals surface area contributed by atoms with E-state index in [9.17, 15) is 8.78 Å². The summed E-state index contributed by atoms with van der Waals surface area (Å²) >= 11 is 0. The van der Waals surface area contributed by atoms with Crippen LogP contribution in [0.15, 0.2) is 30.5 Å². The van der Waals surface area contributed by atoms with Gasteiger partial charge in [-0.1, -0.05) is 0 Å². The molecule has 17 heavy (non-hydrogen) atoms. The Hall–Kier alpha value is -2.28. The lowest BCUT2D eigenvalue weighted by molar-refractivity contribution is 0.602. The summed E-state index contributed by atoms with van der Waals surface area (Å²) in [5.74, 6) is -1.06. The first-order valence-electron chi connectivity index (χ1n) is 4.94. The van der Waals surface area contributed by atoms with Gasteiger partial charge in [0.15, 0.2) is 0 Å². The summed E-state index contributed by atoms with van der Waals surface area (Å²) < 4.78 is 26.6. The second-order valence-electron chi connectivity index (χ2n) is 3.63. The summed E-state index contributed by atoms with van der Waals surface area (Å²) in [6.07, 6.45) is 1.34. The van der Waals surface area contributed by atoms with E-state index in [1.165, 1.54) is 6.20 Å². The van der Waals surface area contributed by atoms with Crippen LogP contribution >= 0.6 is 0 Å². The van der Waals surface area contributed by atoms with Gasteiger partial charge in [-0.2, -0.15) is 5.26 Å². The van der Waals surface area contributed by atoms with Gasteiger partial charge in [0.25, 0.3) is 0 Å². The molecule has 0 spiro atoms. The van der Waals surface area contributed by atoms with Gasteiger partial charge in [-0.05, 0) is 36.8 Å². The highest BCUT2D eigenvalue weighted by atomic mass is 19.1. The van der Waals surface area contributed by atoms with E-state index in [-0.39, 0.29) is 5.56 Å². The summed E-state index contributed by atoms with van der Waals surface area (Å²) in [6, 6.07) is 6.74. The highest BCUT2D eigenvalue weighted by molar-refractivity contribution is 5.64. The molecule has 0 bridgehead atoms. The molecule has 0 saturated carbocycles. The normalized spacial score (nSPS) is 10.0. The van der Waals surface area contributed by atoms with E-state index < -0.39 is 11.6 Å². The van der Waals surface area contributed by atoms with Crippen molar-refractivity contribution in [3.8, 4) is 17.3 Å². The molecule has 1 aromatic carbocycles. The molecule has 4 heteroatoms. The van der Waals surface area contributed by atoms with Gasteiger partial charge in [-0.25, -0.2) is 8.78 Å². The number of rotatable bonds is 1. The van der Waals surface area contributed by atoms with Crippen molar-refractivity contribution in [2.75, 3.05) is 0 Å². The van der Waals surface area contributed by atoms with E-state index in [4.69, 9.17) is 5.26 Å². The van der Waals surface area contributed by atoms with Crippen molar-refractivity contribution in [3.05, 3.63) is 53.2 Å². The number of aromatic nitrogens is 1. The van der Waals surface area contributed by atoms with Crippen molar-refractivity contribution in [1.82, 2.24) is 4.98 Å². The Labute approximate surface area is 97.2 Å². The smallest absolute Gasteiger partial charge is 0.132 e. The Balaban J connectivity index is 2.61. The molecule has 1 heterocycles. The molecule has 84 valence electrons. The maximum absolute atomic E-state index is 13.5. The van der Waals surface area contributed by atoms with E-state index in [2.05, 4.69) is 4.98 Å². The summed E-state index contributed by atoms with van der Waals surface area (Å²) in [5.41, 5.74) is 1.48. The molecule has 2 nitrogen and oxygen atoms in total. The summed E-state index contributed by atoms with van der Waals surface area (Å²) in [7, 11) is 0. The molecule has 0 aliphatic rings. The van der Waals surface area contributed by atoms with Gasteiger partial charge in [0.1, 0.15) is 17.7 Å². The summed E-state index contributed by atoms with van der Waals surface area (Å²) in [6.45, 7) is 1.70. The minimum absolute atomic E-state index is 0.104. The molecule has 0 aliphatic carbocycles. The molecule has 0 radical (unpaired) electrons. The van der Waals surface area contributed by atoms with Crippen LogP contribution in [0.5, 0.6) is 0 Å². The van der Waals surface area contributed by atoms with Crippen molar-refractivity contribution < 1.29 is 8.78 Å². The SMILES string of the molecule is Cc1cc(C#N)cnc1-c1cc(F)ccc1F. The van der Waals surface area contributed by atoms with E-state index in [0.29, 0.717) is 16.8 Å². The first-order valence-corrected chi connectivity index (χ1v) is 4.94. The van der Waals surface area contributed by atoms with Crippen molar-refractivity contribution >= 4 is 0 Å². The number of nitrogens with zero attached hydrogens (tertiary/aromatic N) is 2. The van der Waals surface area contributed by atoms with Crippen LogP contribution in [-0.4, -0.2) is 4.98 Å². The molecule has 0 fully saturated rings. The number of hydrogen-bond acceptors (Lipinski definition) is 2. The highest BCUT2D eigenvalue weighted by Gasteiger charge is 2.10. The molecule has 0 saturated heterocycles. The molecule has 0 aliphatic heterocycles. The molecule has 2 rings (SSSR count). The Morgan fingerprint density at radius 2 is 2.00 bits per heavy atom. The third-order valence-corrected chi connectivity index (χ3v) is 2.39. The van der Waals surface area contributed by atoms with Gasteiger partial charge in [-0.3, -0.25) is 4.98 Å². The minimum Gasteiger partial charge on any atom is -0.254 e. The lowest BCUT2D eigenvalue weighted by Crippen LogP contribution is -1.93. The predicted octanol–water partition coefficient (Wildman–Crippen LogP) is 3.21. The average molecular weight is 230 g/mol. The molecule has 2 aromatic rings. The monoisotopic (exact) mass is 230 g/mol. The van der Waals surface area contributed by atoms with Crippen LogP contribution in [0.1, 0.15) is 11.1 Å². The van der Waals surface area contributed by atoms with Crippen molar-refractivity contribution in [2.24, 2.45) is 0 Å². The van der Waals surface area contributed by atoms with Gasteiger partial charge >= 0.3 is 0 Å². The Morgan fingerprint density at radius 3 is 2.65 bits per heavy atom. The highest BCUT2D eigenvalue weighted by Crippen LogP contribution is 2.25. The zero-order chi connectivity index (χ0) is 12.4. The number of hydrogen-bond donors (Lipinski definition) is 0. The van der Waals surface area contributed by atoms with Gasteiger partial charge in [0.2, 0.25) is 0 Å². The molecule has 1 aromatic heterocycles. The molecule has 0 N–H and O–H groups in total. The largest absolute Gasteiger partial charge is 0.254 e. The van der Waals surface area contributed by atoms with Crippen LogP contribution in [0.3, 0.4) is 0 Å². The first-order chi connectivity index (χ1) is 8.11. The van der Waals surface area contributed by atoms with Crippen molar-refractivity contribution in [3.63, 3.8) is 0 Å². The third-order valence-electron chi connectivity index (χ3n) is 2.39. The van der Waals surface area contributed by atoms with E-state index in [1.807, 2.05) is 6.07 Å². The van der Waals surface area contributed by atoms with Crippen LogP contribution in [-0.2, 0) is 0 Å². The fraction of sp³-hybridized carbons (Fsp3) is 0.0769. The molecular weight excluding hydrogens is 222 g/mol. The second-order valence-corrected chi connectivity index (χ2v) is 3.63. The molecule has 0 atom stereocenters. The fourth-order valence-electron chi connectivity index (χ4n) is 1.60. The second kappa shape index (κ2) is 4.30. The Kier molecular flexibility index (Phi) is 2.84. The topological polar surface area (TPSA) is 36.7 Å². The lowest BCUT2D eigenvalue weighted by atomic mass is 10.0. The predicted molar refractivity (Wildman–Crippen MR) is 59.0 cm³/mol. The summed E-state index contributed by atoms with van der Waals surface area (Å²) in [4.78, 5) is 3.99. The van der Waals surface area contributed by atoms with Crippen LogP contribution < -0.4 is 0 Å². The zero-order valence-corrected chi connectivity index (χ0v) is 9.04. The Bertz CT molecular complexity index is 615. The zero-order valence-electron chi connectivity index (χ0n) is 9.04. The number of halogens is 2. The van der Waals surface area contributed by atoms with Gasteiger partial charge in [0, 0.05) is 11.8 Å². The van der Waals surface area contributed by atoms with E-state index in [0.717, 1.165) is 18.2 Å². The fourth-order valence-corrected chi connectivity index (χ4v) is 1.60. The standard InChI is InChI=1S/C13H8F2N2/c1-8-4-9(6-16)7-17-13(8)11-5-10(14)2-3-12(11)15/h2-5,7H,1H3. The van der Waals surface area contributed by atoms with Crippen LogP contribution in [0.25, 0.3) is 11.3 Å². The third kappa shape index (κ3) is 2.13. The van der Waals surface area contributed by atoms with Crippen molar-refractivity contribution in [1.29, 1.82) is 5.26 Å². The van der Waals surface area contributed by atoms with Crippen LogP contribution in [0.4, 0.5) is 8.78 Å². The maximum atomic E-state index is 13.5. The maximum Gasteiger partial charge on any atom is 0.132 e. The number of nitriles is 1. The molecule has 0 unspecified atom stereocenters.